The maximum Gasteiger partial charge on any atom is 0.293 e. The summed E-state index contributed by atoms with van der Waals surface area (Å²) in [7, 11) is 0. The zero-order valence-electron chi connectivity index (χ0n) is 8.65. The lowest BCUT2D eigenvalue weighted by molar-refractivity contribution is -0.386. The fourth-order valence-corrected chi connectivity index (χ4v) is 2.51. The molecule has 0 aromatic carbocycles. The van der Waals surface area contributed by atoms with Crippen LogP contribution in [0.5, 0.6) is 0 Å². The van der Waals surface area contributed by atoms with Gasteiger partial charge in [0.15, 0.2) is 0 Å². The lowest BCUT2D eigenvalue weighted by Gasteiger charge is -2.22. The summed E-state index contributed by atoms with van der Waals surface area (Å²) in [5.74, 6) is 0. The Morgan fingerprint density at radius 2 is 2.12 bits per heavy atom. The molecule has 1 saturated carbocycles. The van der Waals surface area contributed by atoms with Gasteiger partial charge < -0.3 is 5.73 Å². The third kappa shape index (κ3) is 1.94. The van der Waals surface area contributed by atoms with Crippen LogP contribution in [0.3, 0.4) is 0 Å². The SMILES string of the molecule is NC1(c2ncc(Br)cc2[N+](=O)[O-])CCCC1. The van der Waals surface area contributed by atoms with Gasteiger partial charge in [-0.25, -0.2) is 0 Å². The van der Waals surface area contributed by atoms with E-state index in [4.69, 9.17) is 5.73 Å². The molecule has 0 aliphatic heterocycles. The molecule has 0 saturated heterocycles. The van der Waals surface area contributed by atoms with Gasteiger partial charge >= 0.3 is 0 Å². The average Bonchev–Trinajstić information content (AvgIpc) is 2.66. The zero-order valence-corrected chi connectivity index (χ0v) is 10.2. The number of rotatable bonds is 2. The second kappa shape index (κ2) is 4.10. The summed E-state index contributed by atoms with van der Waals surface area (Å²) in [6.07, 6.45) is 5.11. The molecule has 0 atom stereocenters. The van der Waals surface area contributed by atoms with Crippen molar-refractivity contribution in [3.63, 3.8) is 0 Å². The predicted molar refractivity (Wildman–Crippen MR) is 62.9 cm³/mol. The molecule has 2 N–H and O–H groups in total. The monoisotopic (exact) mass is 285 g/mol. The van der Waals surface area contributed by atoms with Crippen molar-refractivity contribution in [2.24, 2.45) is 5.73 Å². The Hall–Kier alpha value is -1.01. The topological polar surface area (TPSA) is 82.0 Å². The normalized spacial score (nSPS) is 18.6. The standard InChI is InChI=1S/C10H12BrN3O2/c11-7-5-8(14(15)16)9(13-6-7)10(12)3-1-2-4-10/h5-6H,1-4,12H2. The molecule has 86 valence electrons. The van der Waals surface area contributed by atoms with Gasteiger partial charge in [0.25, 0.3) is 5.69 Å². The Morgan fingerprint density at radius 3 is 2.69 bits per heavy atom. The van der Waals surface area contributed by atoms with Crippen molar-refractivity contribution < 1.29 is 4.92 Å². The first-order valence-corrected chi connectivity index (χ1v) is 5.91. The van der Waals surface area contributed by atoms with E-state index in [1.54, 1.807) is 6.20 Å². The summed E-state index contributed by atoms with van der Waals surface area (Å²) in [5.41, 5.74) is 5.99. The lowest BCUT2D eigenvalue weighted by Crippen LogP contribution is -2.34. The van der Waals surface area contributed by atoms with Crippen LogP contribution in [0.2, 0.25) is 0 Å². The minimum Gasteiger partial charge on any atom is -0.320 e. The van der Waals surface area contributed by atoms with Crippen molar-refractivity contribution in [3.8, 4) is 0 Å². The van der Waals surface area contributed by atoms with Gasteiger partial charge in [0.2, 0.25) is 0 Å². The first-order valence-electron chi connectivity index (χ1n) is 5.12. The number of halogens is 1. The minimum absolute atomic E-state index is 0.0128. The first kappa shape index (κ1) is 11.5. The Balaban J connectivity index is 2.51. The second-order valence-corrected chi connectivity index (χ2v) is 5.06. The fourth-order valence-electron chi connectivity index (χ4n) is 2.19. The summed E-state index contributed by atoms with van der Waals surface area (Å²) >= 11 is 3.18. The van der Waals surface area contributed by atoms with Gasteiger partial charge in [-0.2, -0.15) is 0 Å². The minimum atomic E-state index is -0.622. The third-order valence-corrected chi connectivity index (χ3v) is 3.43. The number of nitro groups is 1. The van der Waals surface area contributed by atoms with Crippen LogP contribution in [0.25, 0.3) is 0 Å². The van der Waals surface area contributed by atoms with Crippen LogP contribution in [0.4, 0.5) is 5.69 Å². The third-order valence-electron chi connectivity index (χ3n) is 3.00. The average molecular weight is 286 g/mol. The van der Waals surface area contributed by atoms with Crippen LogP contribution in [-0.4, -0.2) is 9.91 Å². The molecule has 1 aromatic heterocycles. The lowest BCUT2D eigenvalue weighted by atomic mass is 9.93. The highest BCUT2D eigenvalue weighted by Crippen LogP contribution is 2.39. The van der Waals surface area contributed by atoms with Gasteiger partial charge in [-0.3, -0.25) is 15.1 Å². The van der Waals surface area contributed by atoms with E-state index in [2.05, 4.69) is 20.9 Å². The van der Waals surface area contributed by atoms with Crippen molar-refractivity contribution in [1.82, 2.24) is 4.98 Å². The Labute approximate surface area is 101 Å². The van der Waals surface area contributed by atoms with E-state index in [-0.39, 0.29) is 5.69 Å². The summed E-state index contributed by atoms with van der Waals surface area (Å²) < 4.78 is 0.601. The molecular weight excluding hydrogens is 274 g/mol. The number of hydrogen-bond donors (Lipinski definition) is 1. The highest BCUT2D eigenvalue weighted by Gasteiger charge is 2.38. The van der Waals surface area contributed by atoms with Crippen LogP contribution in [0.15, 0.2) is 16.7 Å². The Bertz CT molecular complexity index is 430. The van der Waals surface area contributed by atoms with Crippen LogP contribution in [0, 0.1) is 10.1 Å². The molecule has 0 spiro atoms. The number of nitrogens with two attached hydrogens (primary N) is 1. The van der Waals surface area contributed by atoms with Crippen molar-refractivity contribution in [2.45, 2.75) is 31.2 Å². The maximum absolute atomic E-state index is 11.0. The smallest absolute Gasteiger partial charge is 0.293 e. The highest BCUT2D eigenvalue weighted by molar-refractivity contribution is 9.10. The van der Waals surface area contributed by atoms with E-state index in [1.807, 2.05) is 0 Å². The molecule has 1 fully saturated rings. The molecule has 16 heavy (non-hydrogen) atoms. The summed E-state index contributed by atoms with van der Waals surface area (Å²) in [6, 6.07) is 1.47. The van der Waals surface area contributed by atoms with E-state index >= 15 is 0 Å². The second-order valence-electron chi connectivity index (χ2n) is 4.14. The molecule has 2 rings (SSSR count). The Morgan fingerprint density at radius 1 is 1.50 bits per heavy atom. The van der Waals surface area contributed by atoms with Gasteiger partial charge in [0.1, 0.15) is 5.69 Å². The molecule has 0 unspecified atom stereocenters. The first-order chi connectivity index (χ1) is 7.53. The highest BCUT2D eigenvalue weighted by atomic mass is 79.9. The predicted octanol–water partition coefficient (Wildman–Crippen LogP) is 2.48. The molecule has 5 nitrogen and oxygen atoms in total. The van der Waals surface area contributed by atoms with Crippen LogP contribution < -0.4 is 5.73 Å². The molecule has 0 radical (unpaired) electrons. The number of aromatic nitrogens is 1. The van der Waals surface area contributed by atoms with Crippen LogP contribution in [0.1, 0.15) is 31.4 Å². The van der Waals surface area contributed by atoms with E-state index in [0.717, 1.165) is 25.7 Å². The molecule has 1 aliphatic carbocycles. The molecule has 1 aromatic rings. The van der Waals surface area contributed by atoms with E-state index in [1.165, 1.54) is 6.07 Å². The van der Waals surface area contributed by atoms with Gasteiger partial charge in [-0.05, 0) is 28.8 Å². The fraction of sp³-hybridized carbons (Fsp3) is 0.500. The number of pyridine rings is 1. The zero-order chi connectivity index (χ0) is 11.8. The molecule has 1 aliphatic rings. The van der Waals surface area contributed by atoms with E-state index in [0.29, 0.717) is 10.2 Å². The van der Waals surface area contributed by atoms with Crippen molar-refractivity contribution in [3.05, 3.63) is 32.5 Å². The molecule has 0 bridgehead atoms. The number of hydrogen-bond acceptors (Lipinski definition) is 4. The summed E-state index contributed by atoms with van der Waals surface area (Å²) in [6.45, 7) is 0. The van der Waals surface area contributed by atoms with Gasteiger partial charge in [-0.15, -0.1) is 0 Å². The van der Waals surface area contributed by atoms with Gasteiger partial charge in [-0.1, -0.05) is 12.8 Å². The summed E-state index contributed by atoms with van der Waals surface area (Å²) in [4.78, 5) is 14.7. The van der Waals surface area contributed by atoms with Crippen LogP contribution in [-0.2, 0) is 5.54 Å². The summed E-state index contributed by atoms with van der Waals surface area (Å²) in [5, 5.41) is 11.0. The quantitative estimate of drug-likeness (QED) is 0.668. The Kier molecular flexibility index (Phi) is 2.94. The molecule has 6 heteroatoms. The molecule has 1 heterocycles. The molecular formula is C10H12BrN3O2. The largest absolute Gasteiger partial charge is 0.320 e. The van der Waals surface area contributed by atoms with Gasteiger partial charge in [0, 0.05) is 16.7 Å². The van der Waals surface area contributed by atoms with Gasteiger partial charge in [0.05, 0.1) is 10.5 Å². The van der Waals surface area contributed by atoms with E-state index in [9.17, 15) is 10.1 Å². The number of nitrogens with zero attached hydrogens (tertiary/aromatic N) is 2. The van der Waals surface area contributed by atoms with Crippen molar-refractivity contribution in [2.75, 3.05) is 0 Å². The van der Waals surface area contributed by atoms with Crippen LogP contribution >= 0.6 is 15.9 Å². The maximum atomic E-state index is 11.0. The van der Waals surface area contributed by atoms with E-state index < -0.39 is 10.5 Å². The van der Waals surface area contributed by atoms with Crippen molar-refractivity contribution in [1.29, 1.82) is 0 Å². The van der Waals surface area contributed by atoms with Crippen molar-refractivity contribution >= 4 is 21.6 Å². The molecule has 0 amide bonds.